The SMILES string of the molecule is COc1ccc(OC)c2c(OCc3ccccc3)cccc12. The minimum Gasteiger partial charge on any atom is -0.496 e. The van der Waals surface area contributed by atoms with Crippen molar-refractivity contribution < 1.29 is 14.2 Å². The maximum absolute atomic E-state index is 6.01. The number of fused-ring (bicyclic) bond motifs is 1. The highest BCUT2D eigenvalue weighted by atomic mass is 16.5. The van der Waals surface area contributed by atoms with Gasteiger partial charge < -0.3 is 14.2 Å². The molecule has 112 valence electrons. The van der Waals surface area contributed by atoms with Crippen LogP contribution in [0.15, 0.2) is 60.7 Å². The highest BCUT2D eigenvalue weighted by Gasteiger charge is 2.12. The number of rotatable bonds is 5. The lowest BCUT2D eigenvalue weighted by molar-refractivity contribution is 0.308. The molecule has 3 aromatic rings. The first-order chi connectivity index (χ1) is 10.8. The summed E-state index contributed by atoms with van der Waals surface area (Å²) in [4.78, 5) is 0. The second kappa shape index (κ2) is 6.39. The minimum atomic E-state index is 0.514. The van der Waals surface area contributed by atoms with Gasteiger partial charge >= 0.3 is 0 Å². The summed E-state index contributed by atoms with van der Waals surface area (Å²) in [5.74, 6) is 2.37. The van der Waals surface area contributed by atoms with Crippen molar-refractivity contribution in [3.8, 4) is 17.2 Å². The van der Waals surface area contributed by atoms with Crippen LogP contribution in [0, 0.1) is 0 Å². The van der Waals surface area contributed by atoms with Gasteiger partial charge in [-0.15, -0.1) is 0 Å². The summed E-state index contributed by atoms with van der Waals surface area (Å²) in [6.45, 7) is 0.514. The van der Waals surface area contributed by atoms with Gasteiger partial charge in [0, 0.05) is 5.39 Å². The molecule has 0 amide bonds. The average Bonchev–Trinajstić information content (AvgIpc) is 2.59. The van der Waals surface area contributed by atoms with Gasteiger partial charge in [0.2, 0.25) is 0 Å². The monoisotopic (exact) mass is 294 g/mol. The minimum absolute atomic E-state index is 0.514. The Hall–Kier alpha value is -2.68. The van der Waals surface area contributed by atoms with Gasteiger partial charge in [0.25, 0.3) is 0 Å². The molecule has 3 aromatic carbocycles. The molecule has 22 heavy (non-hydrogen) atoms. The van der Waals surface area contributed by atoms with E-state index in [0.29, 0.717) is 6.61 Å². The predicted molar refractivity (Wildman–Crippen MR) is 87.8 cm³/mol. The zero-order valence-corrected chi connectivity index (χ0v) is 12.7. The van der Waals surface area contributed by atoms with Gasteiger partial charge in [-0.05, 0) is 23.8 Å². The average molecular weight is 294 g/mol. The largest absolute Gasteiger partial charge is 0.496 e. The molecule has 0 N–H and O–H groups in total. The van der Waals surface area contributed by atoms with Crippen LogP contribution in [-0.4, -0.2) is 14.2 Å². The Morgan fingerprint density at radius 2 is 1.41 bits per heavy atom. The normalized spacial score (nSPS) is 10.5. The molecule has 0 unspecified atom stereocenters. The molecular weight excluding hydrogens is 276 g/mol. The fraction of sp³-hybridized carbons (Fsp3) is 0.158. The van der Waals surface area contributed by atoms with E-state index in [1.807, 2.05) is 60.7 Å². The summed E-state index contributed by atoms with van der Waals surface area (Å²) >= 11 is 0. The maximum atomic E-state index is 6.01. The number of ether oxygens (including phenoxy) is 3. The molecule has 0 spiro atoms. The molecule has 3 nitrogen and oxygen atoms in total. The third kappa shape index (κ3) is 2.70. The van der Waals surface area contributed by atoms with Crippen molar-refractivity contribution in [2.75, 3.05) is 14.2 Å². The van der Waals surface area contributed by atoms with Crippen LogP contribution in [0.2, 0.25) is 0 Å². The van der Waals surface area contributed by atoms with Crippen LogP contribution in [0.4, 0.5) is 0 Å². The van der Waals surface area contributed by atoms with Crippen LogP contribution in [0.3, 0.4) is 0 Å². The smallest absolute Gasteiger partial charge is 0.131 e. The molecule has 3 rings (SSSR count). The van der Waals surface area contributed by atoms with Gasteiger partial charge in [-0.2, -0.15) is 0 Å². The van der Waals surface area contributed by atoms with E-state index in [2.05, 4.69) is 0 Å². The van der Waals surface area contributed by atoms with Crippen LogP contribution in [0.1, 0.15) is 5.56 Å². The van der Waals surface area contributed by atoms with Gasteiger partial charge in [0.1, 0.15) is 23.9 Å². The van der Waals surface area contributed by atoms with Crippen molar-refractivity contribution in [2.45, 2.75) is 6.61 Å². The van der Waals surface area contributed by atoms with Crippen LogP contribution in [-0.2, 0) is 6.61 Å². The van der Waals surface area contributed by atoms with Crippen molar-refractivity contribution in [1.29, 1.82) is 0 Å². The summed E-state index contributed by atoms with van der Waals surface area (Å²) in [7, 11) is 3.33. The van der Waals surface area contributed by atoms with Gasteiger partial charge in [-0.25, -0.2) is 0 Å². The zero-order valence-electron chi connectivity index (χ0n) is 12.7. The molecule has 0 heterocycles. The lowest BCUT2D eigenvalue weighted by Gasteiger charge is -2.14. The number of methoxy groups -OCH3 is 2. The number of hydrogen-bond acceptors (Lipinski definition) is 3. The molecule has 0 saturated carbocycles. The Morgan fingerprint density at radius 1 is 0.682 bits per heavy atom. The topological polar surface area (TPSA) is 27.7 Å². The van der Waals surface area contributed by atoms with Crippen molar-refractivity contribution in [1.82, 2.24) is 0 Å². The van der Waals surface area contributed by atoms with Gasteiger partial charge in [0.15, 0.2) is 0 Å². The first-order valence-electron chi connectivity index (χ1n) is 7.14. The Bertz CT molecular complexity index is 766. The van der Waals surface area contributed by atoms with Crippen molar-refractivity contribution in [3.05, 3.63) is 66.2 Å². The molecule has 0 bridgehead atoms. The third-order valence-electron chi connectivity index (χ3n) is 3.60. The van der Waals surface area contributed by atoms with Gasteiger partial charge in [-0.1, -0.05) is 42.5 Å². The van der Waals surface area contributed by atoms with Crippen LogP contribution in [0.25, 0.3) is 10.8 Å². The van der Waals surface area contributed by atoms with Crippen LogP contribution < -0.4 is 14.2 Å². The highest BCUT2D eigenvalue weighted by molar-refractivity contribution is 5.97. The van der Waals surface area contributed by atoms with E-state index in [1.54, 1.807) is 14.2 Å². The molecule has 0 saturated heterocycles. The zero-order chi connectivity index (χ0) is 15.4. The molecule has 0 radical (unpaired) electrons. The van der Waals surface area contributed by atoms with E-state index in [0.717, 1.165) is 33.6 Å². The molecular formula is C19H18O3. The molecule has 0 aromatic heterocycles. The number of benzene rings is 3. The Kier molecular flexibility index (Phi) is 4.15. The van der Waals surface area contributed by atoms with Crippen molar-refractivity contribution >= 4 is 10.8 Å². The van der Waals surface area contributed by atoms with Gasteiger partial charge in [0.05, 0.1) is 19.6 Å². The second-order valence-electron chi connectivity index (χ2n) is 4.92. The highest BCUT2D eigenvalue weighted by Crippen LogP contribution is 2.39. The van der Waals surface area contributed by atoms with Gasteiger partial charge in [-0.3, -0.25) is 0 Å². The summed E-state index contributed by atoms with van der Waals surface area (Å²) in [5.41, 5.74) is 1.13. The molecule has 0 aliphatic carbocycles. The Morgan fingerprint density at radius 3 is 2.14 bits per heavy atom. The fourth-order valence-corrected chi connectivity index (χ4v) is 2.52. The summed E-state index contributed by atoms with van der Waals surface area (Å²) < 4.78 is 16.9. The van der Waals surface area contributed by atoms with E-state index in [-0.39, 0.29) is 0 Å². The molecule has 0 fully saturated rings. The molecule has 0 atom stereocenters. The lowest BCUT2D eigenvalue weighted by Crippen LogP contribution is -1.97. The third-order valence-corrected chi connectivity index (χ3v) is 3.60. The second-order valence-corrected chi connectivity index (χ2v) is 4.92. The quantitative estimate of drug-likeness (QED) is 0.696. The van der Waals surface area contributed by atoms with Crippen molar-refractivity contribution in [3.63, 3.8) is 0 Å². The van der Waals surface area contributed by atoms with E-state index < -0.39 is 0 Å². The summed E-state index contributed by atoms with van der Waals surface area (Å²) in [6, 6.07) is 19.8. The molecule has 0 aliphatic heterocycles. The molecule has 3 heteroatoms. The van der Waals surface area contributed by atoms with Crippen LogP contribution >= 0.6 is 0 Å². The summed E-state index contributed by atoms with van der Waals surface area (Å²) in [6.07, 6.45) is 0. The molecule has 0 aliphatic rings. The van der Waals surface area contributed by atoms with Crippen LogP contribution in [0.5, 0.6) is 17.2 Å². The first kappa shape index (κ1) is 14.3. The van der Waals surface area contributed by atoms with Crippen molar-refractivity contribution in [2.24, 2.45) is 0 Å². The predicted octanol–water partition coefficient (Wildman–Crippen LogP) is 4.44. The lowest BCUT2D eigenvalue weighted by atomic mass is 10.1. The van der Waals surface area contributed by atoms with E-state index in [9.17, 15) is 0 Å². The first-order valence-corrected chi connectivity index (χ1v) is 7.14. The standard InChI is InChI=1S/C19H18O3/c1-20-16-11-12-17(21-2)19-15(16)9-6-10-18(19)22-13-14-7-4-3-5-8-14/h3-12H,13H2,1-2H3. The fourth-order valence-electron chi connectivity index (χ4n) is 2.52. The Labute approximate surface area is 130 Å². The summed E-state index contributed by atoms with van der Waals surface area (Å²) in [5, 5.41) is 1.91. The Balaban J connectivity index is 2.02. The van der Waals surface area contributed by atoms with E-state index >= 15 is 0 Å². The number of hydrogen-bond donors (Lipinski definition) is 0. The van der Waals surface area contributed by atoms with E-state index in [4.69, 9.17) is 14.2 Å². The maximum Gasteiger partial charge on any atom is 0.131 e. The van der Waals surface area contributed by atoms with E-state index in [1.165, 1.54) is 0 Å².